The van der Waals surface area contributed by atoms with Gasteiger partial charge in [0.05, 0.1) is 6.61 Å². The van der Waals surface area contributed by atoms with Crippen LogP contribution >= 0.6 is 0 Å². The third-order valence-corrected chi connectivity index (χ3v) is 3.06. The Morgan fingerprint density at radius 1 is 1.23 bits per heavy atom. The number of esters is 1. The zero-order valence-corrected chi connectivity index (χ0v) is 12.7. The second-order valence-corrected chi connectivity index (χ2v) is 4.59. The van der Waals surface area contributed by atoms with Crippen LogP contribution in [0.5, 0.6) is 5.75 Å². The summed E-state index contributed by atoms with van der Waals surface area (Å²) >= 11 is 0. The minimum Gasteiger partial charge on any atom is -0.486 e. The van der Waals surface area contributed by atoms with Crippen molar-refractivity contribution in [1.82, 2.24) is 9.97 Å². The highest BCUT2D eigenvalue weighted by atomic mass is 16.5. The first-order chi connectivity index (χ1) is 10.6. The number of carbonyl (C=O) groups excluding carboxylic acids is 1. The molecule has 6 heteroatoms. The monoisotopic (exact) mass is 301 g/mol. The number of carbonyl (C=O) groups is 1. The van der Waals surface area contributed by atoms with Crippen LogP contribution in [0.1, 0.15) is 35.6 Å². The highest BCUT2D eigenvalue weighted by Gasteiger charge is 2.13. The van der Waals surface area contributed by atoms with Gasteiger partial charge in [-0.15, -0.1) is 0 Å². The number of hydrogen-bond donors (Lipinski definition) is 1. The molecule has 0 unspecified atom stereocenters. The quantitative estimate of drug-likeness (QED) is 0.824. The second kappa shape index (κ2) is 7.40. The van der Waals surface area contributed by atoms with Crippen LogP contribution in [-0.4, -0.2) is 22.5 Å². The number of hydrogen-bond acceptors (Lipinski definition) is 6. The minimum atomic E-state index is -0.525. The Bertz CT molecular complexity index is 642. The molecule has 22 heavy (non-hydrogen) atoms. The van der Waals surface area contributed by atoms with Gasteiger partial charge in [0, 0.05) is 6.20 Å². The molecule has 0 bridgehead atoms. The predicted molar refractivity (Wildman–Crippen MR) is 82.6 cm³/mol. The molecular weight excluding hydrogens is 282 g/mol. The van der Waals surface area contributed by atoms with E-state index in [4.69, 9.17) is 15.2 Å². The molecule has 0 aliphatic rings. The van der Waals surface area contributed by atoms with E-state index in [0.29, 0.717) is 5.82 Å². The molecule has 0 fully saturated rings. The fourth-order valence-electron chi connectivity index (χ4n) is 1.84. The Morgan fingerprint density at radius 3 is 2.55 bits per heavy atom. The topological polar surface area (TPSA) is 87.3 Å². The molecule has 1 heterocycles. The van der Waals surface area contributed by atoms with E-state index < -0.39 is 5.97 Å². The van der Waals surface area contributed by atoms with Crippen LogP contribution in [0.15, 0.2) is 30.5 Å². The molecule has 0 amide bonds. The van der Waals surface area contributed by atoms with Gasteiger partial charge in [-0.25, -0.2) is 14.8 Å². The average molecular weight is 301 g/mol. The summed E-state index contributed by atoms with van der Waals surface area (Å²) in [6.07, 6.45) is 2.34. The van der Waals surface area contributed by atoms with Crippen LogP contribution in [0.25, 0.3) is 0 Å². The number of anilines is 1. The standard InChI is InChI=1S/C16H19N3O3/c1-3-11-5-7-12(8-6-11)22-10-14-18-9-13(15(17)19-14)16(20)21-4-2/h5-9H,3-4,10H2,1-2H3,(H2,17,18,19). The minimum absolute atomic E-state index is 0.0911. The Kier molecular flexibility index (Phi) is 5.30. The Hall–Kier alpha value is -2.63. The van der Waals surface area contributed by atoms with Gasteiger partial charge < -0.3 is 15.2 Å². The van der Waals surface area contributed by atoms with Gasteiger partial charge in [-0.1, -0.05) is 19.1 Å². The Balaban J connectivity index is 2.01. The molecule has 0 aliphatic carbocycles. The van der Waals surface area contributed by atoms with E-state index >= 15 is 0 Å². The maximum atomic E-state index is 11.6. The average Bonchev–Trinajstić information content (AvgIpc) is 2.53. The highest BCUT2D eigenvalue weighted by molar-refractivity contribution is 5.93. The van der Waals surface area contributed by atoms with Crippen LogP contribution in [-0.2, 0) is 17.8 Å². The highest BCUT2D eigenvalue weighted by Crippen LogP contribution is 2.15. The molecule has 0 saturated heterocycles. The molecule has 116 valence electrons. The second-order valence-electron chi connectivity index (χ2n) is 4.59. The SMILES string of the molecule is CCOC(=O)c1cnc(COc2ccc(CC)cc2)nc1N. The van der Waals surface area contributed by atoms with E-state index in [2.05, 4.69) is 16.9 Å². The summed E-state index contributed by atoms with van der Waals surface area (Å²) in [5.74, 6) is 0.704. The van der Waals surface area contributed by atoms with E-state index in [1.807, 2.05) is 24.3 Å². The van der Waals surface area contributed by atoms with Crippen LogP contribution < -0.4 is 10.5 Å². The first-order valence-electron chi connectivity index (χ1n) is 7.14. The van der Waals surface area contributed by atoms with Gasteiger partial charge >= 0.3 is 5.97 Å². The third-order valence-electron chi connectivity index (χ3n) is 3.06. The summed E-state index contributed by atoms with van der Waals surface area (Å²) in [6.45, 7) is 4.27. The van der Waals surface area contributed by atoms with Gasteiger partial charge in [-0.2, -0.15) is 0 Å². The summed E-state index contributed by atoms with van der Waals surface area (Å²) in [5.41, 5.74) is 7.16. The third kappa shape index (κ3) is 3.94. The first-order valence-corrected chi connectivity index (χ1v) is 7.14. The fraction of sp³-hybridized carbons (Fsp3) is 0.312. The van der Waals surface area contributed by atoms with Gasteiger partial charge in [0.15, 0.2) is 5.82 Å². The van der Waals surface area contributed by atoms with E-state index in [-0.39, 0.29) is 24.6 Å². The van der Waals surface area contributed by atoms with Crippen LogP contribution in [0, 0.1) is 0 Å². The van der Waals surface area contributed by atoms with Gasteiger partial charge in [0.25, 0.3) is 0 Å². The number of nitrogens with two attached hydrogens (primary N) is 1. The van der Waals surface area contributed by atoms with Crippen molar-refractivity contribution in [2.45, 2.75) is 26.9 Å². The molecule has 0 saturated carbocycles. The summed E-state index contributed by atoms with van der Waals surface area (Å²) < 4.78 is 10.5. The van der Waals surface area contributed by atoms with Crippen molar-refractivity contribution in [3.63, 3.8) is 0 Å². The van der Waals surface area contributed by atoms with Crippen molar-refractivity contribution in [1.29, 1.82) is 0 Å². The first kappa shape index (κ1) is 15.8. The number of benzene rings is 1. The lowest BCUT2D eigenvalue weighted by atomic mass is 10.2. The van der Waals surface area contributed by atoms with Crippen molar-refractivity contribution in [2.24, 2.45) is 0 Å². The molecule has 1 aromatic carbocycles. The zero-order chi connectivity index (χ0) is 15.9. The normalized spacial score (nSPS) is 10.3. The van der Waals surface area contributed by atoms with Crippen molar-refractivity contribution < 1.29 is 14.3 Å². The summed E-state index contributed by atoms with van der Waals surface area (Å²) in [5, 5.41) is 0. The summed E-state index contributed by atoms with van der Waals surface area (Å²) in [7, 11) is 0. The van der Waals surface area contributed by atoms with Crippen molar-refractivity contribution in [3.8, 4) is 5.75 Å². The molecule has 0 atom stereocenters. The molecule has 2 N–H and O–H groups in total. The number of nitrogens with zero attached hydrogens (tertiary/aromatic N) is 2. The fourth-order valence-corrected chi connectivity index (χ4v) is 1.84. The number of ether oxygens (including phenoxy) is 2. The van der Waals surface area contributed by atoms with Gasteiger partial charge in [-0.3, -0.25) is 0 Å². The lowest BCUT2D eigenvalue weighted by molar-refractivity contribution is 0.0526. The molecule has 2 rings (SSSR count). The van der Waals surface area contributed by atoms with Crippen molar-refractivity contribution in [3.05, 3.63) is 47.4 Å². The maximum absolute atomic E-state index is 11.6. The van der Waals surface area contributed by atoms with Crippen LogP contribution in [0.2, 0.25) is 0 Å². The lowest BCUT2D eigenvalue weighted by Crippen LogP contribution is -2.12. The lowest BCUT2D eigenvalue weighted by Gasteiger charge is -2.08. The number of aryl methyl sites for hydroxylation is 1. The van der Waals surface area contributed by atoms with Crippen LogP contribution in [0.3, 0.4) is 0 Å². The number of aromatic nitrogens is 2. The van der Waals surface area contributed by atoms with E-state index in [1.165, 1.54) is 11.8 Å². The molecular formula is C16H19N3O3. The molecule has 6 nitrogen and oxygen atoms in total. The molecule has 0 aliphatic heterocycles. The van der Waals surface area contributed by atoms with Gasteiger partial charge in [-0.05, 0) is 31.0 Å². The smallest absolute Gasteiger partial charge is 0.343 e. The maximum Gasteiger partial charge on any atom is 0.343 e. The van der Waals surface area contributed by atoms with Gasteiger partial charge in [0.1, 0.15) is 23.7 Å². The Labute approximate surface area is 129 Å². The number of nitrogen functional groups attached to an aromatic ring is 1. The summed E-state index contributed by atoms with van der Waals surface area (Å²) in [4.78, 5) is 19.7. The van der Waals surface area contributed by atoms with E-state index in [0.717, 1.165) is 12.2 Å². The number of rotatable bonds is 6. The van der Waals surface area contributed by atoms with E-state index in [9.17, 15) is 4.79 Å². The van der Waals surface area contributed by atoms with Crippen molar-refractivity contribution in [2.75, 3.05) is 12.3 Å². The largest absolute Gasteiger partial charge is 0.486 e. The predicted octanol–water partition coefficient (Wildman–Crippen LogP) is 2.38. The van der Waals surface area contributed by atoms with Gasteiger partial charge in [0.2, 0.25) is 0 Å². The molecule has 2 aromatic rings. The zero-order valence-electron chi connectivity index (χ0n) is 12.7. The molecule has 0 spiro atoms. The Morgan fingerprint density at radius 2 is 1.95 bits per heavy atom. The summed E-state index contributed by atoms with van der Waals surface area (Å²) in [6, 6.07) is 7.81. The molecule has 1 aromatic heterocycles. The molecule has 0 radical (unpaired) electrons. The van der Waals surface area contributed by atoms with Crippen molar-refractivity contribution >= 4 is 11.8 Å². The van der Waals surface area contributed by atoms with Crippen LogP contribution in [0.4, 0.5) is 5.82 Å². The van der Waals surface area contributed by atoms with E-state index in [1.54, 1.807) is 6.92 Å².